The zero-order valence-corrected chi connectivity index (χ0v) is 7.97. The first kappa shape index (κ1) is 8.71. The van der Waals surface area contributed by atoms with E-state index < -0.39 is 5.79 Å². The van der Waals surface area contributed by atoms with Crippen LogP contribution < -0.4 is 0 Å². The SMILES string of the molecule is OC1(O)CC=Cc2oc3ccccc3c21. The highest BCUT2D eigenvalue weighted by atomic mass is 16.5. The van der Waals surface area contributed by atoms with E-state index in [1.54, 1.807) is 12.2 Å². The van der Waals surface area contributed by atoms with E-state index >= 15 is 0 Å². The summed E-state index contributed by atoms with van der Waals surface area (Å²) in [5.74, 6) is -1.27. The van der Waals surface area contributed by atoms with Gasteiger partial charge in [-0.2, -0.15) is 0 Å². The van der Waals surface area contributed by atoms with E-state index in [4.69, 9.17) is 4.42 Å². The molecule has 1 aliphatic rings. The Bertz CT molecular complexity index is 549. The molecule has 0 unspecified atom stereocenters. The first-order valence-electron chi connectivity index (χ1n) is 4.82. The molecule has 0 aliphatic heterocycles. The predicted octanol–water partition coefficient (Wildman–Crippen LogP) is 1.99. The van der Waals surface area contributed by atoms with E-state index in [1.165, 1.54) is 0 Å². The highest BCUT2D eigenvalue weighted by Gasteiger charge is 2.34. The molecule has 1 aromatic heterocycles. The normalized spacial score (nSPS) is 18.0. The number of hydrogen-bond donors (Lipinski definition) is 2. The van der Waals surface area contributed by atoms with Gasteiger partial charge in [0.2, 0.25) is 0 Å². The lowest BCUT2D eigenvalue weighted by Crippen LogP contribution is -2.26. The molecular formula is C12H10O3. The molecule has 2 aromatic rings. The van der Waals surface area contributed by atoms with Gasteiger partial charge in [0.15, 0.2) is 5.79 Å². The first-order chi connectivity index (χ1) is 7.18. The summed E-state index contributed by atoms with van der Waals surface area (Å²) in [7, 11) is 0. The number of fused-ring (bicyclic) bond motifs is 3. The van der Waals surface area contributed by atoms with Crippen molar-refractivity contribution in [1.82, 2.24) is 0 Å². The van der Waals surface area contributed by atoms with Crippen molar-refractivity contribution in [2.24, 2.45) is 0 Å². The van der Waals surface area contributed by atoms with Gasteiger partial charge < -0.3 is 14.6 Å². The van der Waals surface area contributed by atoms with Gasteiger partial charge in [0.05, 0.1) is 5.56 Å². The summed E-state index contributed by atoms with van der Waals surface area (Å²) in [6.45, 7) is 0. The second-order valence-electron chi connectivity index (χ2n) is 3.76. The molecule has 0 spiro atoms. The van der Waals surface area contributed by atoms with Gasteiger partial charge in [-0.3, -0.25) is 0 Å². The van der Waals surface area contributed by atoms with Crippen molar-refractivity contribution in [3.63, 3.8) is 0 Å². The summed E-state index contributed by atoms with van der Waals surface area (Å²) >= 11 is 0. The number of hydrogen-bond acceptors (Lipinski definition) is 3. The third-order valence-corrected chi connectivity index (χ3v) is 2.69. The maximum absolute atomic E-state index is 9.86. The van der Waals surface area contributed by atoms with Gasteiger partial charge in [-0.25, -0.2) is 0 Å². The molecule has 1 aromatic carbocycles. The molecule has 0 bridgehead atoms. The van der Waals surface area contributed by atoms with E-state index in [9.17, 15) is 10.2 Å². The summed E-state index contributed by atoms with van der Waals surface area (Å²) in [4.78, 5) is 0. The number of benzene rings is 1. The Morgan fingerprint density at radius 1 is 1.20 bits per heavy atom. The summed E-state index contributed by atoms with van der Waals surface area (Å²) < 4.78 is 5.52. The first-order valence-corrected chi connectivity index (χ1v) is 4.82. The Hall–Kier alpha value is -1.58. The second-order valence-corrected chi connectivity index (χ2v) is 3.76. The van der Waals surface area contributed by atoms with Crippen LogP contribution in [0.25, 0.3) is 17.0 Å². The van der Waals surface area contributed by atoms with Crippen LogP contribution in [0.15, 0.2) is 34.8 Å². The molecule has 0 atom stereocenters. The number of rotatable bonds is 0. The largest absolute Gasteiger partial charge is 0.456 e. The van der Waals surface area contributed by atoms with Crippen LogP contribution in [-0.2, 0) is 5.79 Å². The second kappa shape index (κ2) is 2.72. The average molecular weight is 202 g/mol. The van der Waals surface area contributed by atoms with Crippen molar-refractivity contribution in [3.8, 4) is 0 Å². The lowest BCUT2D eigenvalue weighted by atomic mass is 9.95. The predicted molar refractivity (Wildman–Crippen MR) is 56.0 cm³/mol. The van der Waals surface area contributed by atoms with Crippen LogP contribution in [0.4, 0.5) is 0 Å². The summed E-state index contributed by atoms with van der Waals surface area (Å²) in [6.07, 6.45) is 3.67. The number of aliphatic hydroxyl groups is 2. The maximum Gasteiger partial charge on any atom is 0.197 e. The molecule has 1 aliphatic carbocycles. The van der Waals surface area contributed by atoms with Crippen LogP contribution in [0.2, 0.25) is 0 Å². The van der Waals surface area contributed by atoms with Gasteiger partial charge in [0.1, 0.15) is 11.3 Å². The van der Waals surface area contributed by atoms with Crippen LogP contribution in [0.3, 0.4) is 0 Å². The number of furan rings is 1. The summed E-state index contributed by atoms with van der Waals surface area (Å²) in [5.41, 5.74) is 1.15. The van der Waals surface area contributed by atoms with Gasteiger partial charge in [-0.15, -0.1) is 0 Å². The summed E-state index contributed by atoms with van der Waals surface area (Å²) in [6, 6.07) is 7.36. The zero-order valence-electron chi connectivity index (χ0n) is 7.97. The van der Waals surface area contributed by atoms with Gasteiger partial charge >= 0.3 is 0 Å². The fourth-order valence-electron chi connectivity index (χ4n) is 2.03. The topological polar surface area (TPSA) is 53.6 Å². The number of para-hydroxylation sites is 1. The minimum atomic E-state index is -1.81. The van der Waals surface area contributed by atoms with Crippen LogP contribution in [0.5, 0.6) is 0 Å². The van der Waals surface area contributed by atoms with E-state index in [2.05, 4.69) is 0 Å². The van der Waals surface area contributed by atoms with Crippen molar-refractivity contribution >= 4 is 17.0 Å². The van der Waals surface area contributed by atoms with E-state index in [0.29, 0.717) is 16.9 Å². The molecule has 2 N–H and O–H groups in total. The highest BCUT2D eigenvalue weighted by molar-refractivity contribution is 5.86. The third-order valence-electron chi connectivity index (χ3n) is 2.69. The molecular weight excluding hydrogens is 192 g/mol. The van der Waals surface area contributed by atoms with Crippen molar-refractivity contribution in [1.29, 1.82) is 0 Å². The van der Waals surface area contributed by atoms with E-state index in [1.807, 2.05) is 24.3 Å². The third kappa shape index (κ3) is 1.14. The molecule has 0 saturated carbocycles. The van der Waals surface area contributed by atoms with Crippen LogP contribution in [0.1, 0.15) is 17.7 Å². The summed E-state index contributed by atoms with van der Waals surface area (Å²) in [5, 5.41) is 20.5. The Balaban J connectivity index is 2.43. The zero-order chi connectivity index (χ0) is 10.5. The molecule has 1 heterocycles. The Morgan fingerprint density at radius 3 is 2.87 bits per heavy atom. The molecule has 0 amide bonds. The molecule has 0 fully saturated rings. The molecule has 3 rings (SSSR count). The Morgan fingerprint density at radius 2 is 2.00 bits per heavy atom. The van der Waals surface area contributed by atoms with Crippen LogP contribution in [-0.4, -0.2) is 10.2 Å². The smallest absolute Gasteiger partial charge is 0.197 e. The van der Waals surface area contributed by atoms with Crippen molar-refractivity contribution in [2.75, 3.05) is 0 Å². The van der Waals surface area contributed by atoms with E-state index in [-0.39, 0.29) is 6.42 Å². The van der Waals surface area contributed by atoms with Crippen LogP contribution >= 0.6 is 0 Å². The van der Waals surface area contributed by atoms with Gasteiger partial charge in [-0.05, 0) is 12.1 Å². The standard InChI is InChI=1S/C12H10O3/c13-12(14)7-3-6-10-11(12)8-4-1-2-5-9(8)15-10/h1-6,13-14H,7H2. The van der Waals surface area contributed by atoms with Gasteiger partial charge in [0, 0.05) is 11.8 Å². The minimum absolute atomic E-state index is 0.198. The fraction of sp³-hybridized carbons (Fsp3) is 0.167. The Kier molecular flexibility index (Phi) is 1.58. The van der Waals surface area contributed by atoms with Gasteiger partial charge in [0.25, 0.3) is 0 Å². The van der Waals surface area contributed by atoms with Crippen molar-refractivity contribution < 1.29 is 14.6 Å². The van der Waals surface area contributed by atoms with E-state index in [0.717, 1.165) is 5.39 Å². The van der Waals surface area contributed by atoms with Crippen LogP contribution in [0, 0.1) is 0 Å². The molecule has 3 nitrogen and oxygen atoms in total. The molecule has 76 valence electrons. The van der Waals surface area contributed by atoms with Crippen molar-refractivity contribution in [2.45, 2.75) is 12.2 Å². The fourth-order valence-corrected chi connectivity index (χ4v) is 2.03. The Labute approximate surface area is 86.3 Å². The maximum atomic E-state index is 9.86. The molecule has 15 heavy (non-hydrogen) atoms. The lowest BCUT2D eigenvalue weighted by molar-refractivity contribution is -0.166. The molecule has 0 saturated heterocycles. The average Bonchev–Trinajstić information content (AvgIpc) is 2.56. The lowest BCUT2D eigenvalue weighted by Gasteiger charge is -2.22. The monoisotopic (exact) mass is 202 g/mol. The quantitative estimate of drug-likeness (QED) is 0.642. The highest BCUT2D eigenvalue weighted by Crippen LogP contribution is 2.38. The van der Waals surface area contributed by atoms with Gasteiger partial charge in [-0.1, -0.05) is 24.3 Å². The molecule has 0 radical (unpaired) electrons. The molecule has 3 heteroatoms. The minimum Gasteiger partial charge on any atom is -0.456 e. The van der Waals surface area contributed by atoms with Crippen molar-refractivity contribution in [3.05, 3.63) is 41.7 Å².